The highest BCUT2D eigenvalue weighted by atomic mass is 35.5. The highest BCUT2D eigenvalue weighted by Gasteiger charge is 2.19. The number of hydrogen-bond acceptors (Lipinski definition) is 2. The van der Waals surface area contributed by atoms with E-state index in [1.807, 2.05) is 0 Å². The molecular weight excluding hydrogens is 298 g/mol. The van der Waals surface area contributed by atoms with Gasteiger partial charge in [-0.2, -0.15) is 0 Å². The van der Waals surface area contributed by atoms with Crippen LogP contribution in [0.15, 0.2) is 0 Å². The zero-order valence-corrected chi connectivity index (χ0v) is 15.8. The lowest BCUT2D eigenvalue weighted by molar-refractivity contribution is -0.910. The molecule has 136 valence electrons. The van der Waals surface area contributed by atoms with Crippen LogP contribution in [0.25, 0.3) is 0 Å². The largest absolute Gasteiger partial charge is 1.00 e. The molecule has 0 radical (unpaired) electrons. The summed E-state index contributed by atoms with van der Waals surface area (Å²) in [4.78, 5) is 0. The molecular formula is C18H40ClNO2. The van der Waals surface area contributed by atoms with Gasteiger partial charge in [0.2, 0.25) is 0 Å². The molecule has 4 heteroatoms. The van der Waals surface area contributed by atoms with Crippen LogP contribution in [0, 0.1) is 0 Å². The van der Waals surface area contributed by atoms with E-state index >= 15 is 0 Å². The molecule has 0 aliphatic heterocycles. The third kappa shape index (κ3) is 15.1. The Bertz CT molecular complexity index is 209. The van der Waals surface area contributed by atoms with Gasteiger partial charge in [-0.25, -0.2) is 0 Å². The Morgan fingerprint density at radius 3 is 1.32 bits per heavy atom. The third-order valence-corrected chi connectivity index (χ3v) is 4.58. The summed E-state index contributed by atoms with van der Waals surface area (Å²) >= 11 is 0. The van der Waals surface area contributed by atoms with E-state index in [4.69, 9.17) is 10.2 Å². The Morgan fingerprint density at radius 1 is 0.591 bits per heavy atom. The topological polar surface area (TPSA) is 40.5 Å². The maximum Gasteiger partial charge on any atom is 0.102 e. The fourth-order valence-corrected chi connectivity index (χ4v) is 2.98. The number of hydrogen-bond donors (Lipinski definition) is 2. The smallest absolute Gasteiger partial charge is 0.102 e. The fourth-order valence-electron chi connectivity index (χ4n) is 2.98. The number of rotatable bonds is 16. The number of quaternary nitrogens is 1. The van der Waals surface area contributed by atoms with E-state index < -0.39 is 0 Å². The minimum atomic E-state index is 0. The summed E-state index contributed by atoms with van der Waals surface area (Å²) in [6, 6.07) is 0. The molecule has 0 aromatic carbocycles. The Labute approximate surface area is 145 Å². The normalized spacial score (nSPS) is 11.5. The van der Waals surface area contributed by atoms with Gasteiger partial charge >= 0.3 is 0 Å². The maximum absolute atomic E-state index is 9.11. The first-order valence-electron chi connectivity index (χ1n) is 9.24. The van der Waals surface area contributed by atoms with E-state index in [9.17, 15) is 0 Å². The van der Waals surface area contributed by atoms with Gasteiger partial charge in [0.15, 0.2) is 0 Å². The van der Waals surface area contributed by atoms with Gasteiger partial charge in [0.05, 0.1) is 26.8 Å². The van der Waals surface area contributed by atoms with Crippen molar-refractivity contribution in [2.45, 2.75) is 77.6 Å². The van der Waals surface area contributed by atoms with Crippen molar-refractivity contribution < 1.29 is 27.1 Å². The summed E-state index contributed by atoms with van der Waals surface area (Å²) in [7, 11) is 2.14. The minimum Gasteiger partial charge on any atom is -1.00 e. The van der Waals surface area contributed by atoms with Gasteiger partial charge < -0.3 is 27.1 Å². The van der Waals surface area contributed by atoms with Crippen LogP contribution in [0.4, 0.5) is 0 Å². The number of aliphatic hydroxyl groups is 2. The molecule has 0 rings (SSSR count). The van der Waals surface area contributed by atoms with Gasteiger partial charge in [-0.05, 0) is 12.8 Å². The van der Waals surface area contributed by atoms with E-state index in [0.717, 1.165) is 24.1 Å². The van der Waals surface area contributed by atoms with E-state index in [-0.39, 0.29) is 25.6 Å². The second-order valence-corrected chi connectivity index (χ2v) is 6.77. The highest BCUT2D eigenvalue weighted by molar-refractivity contribution is 4.49. The molecule has 0 unspecified atom stereocenters. The van der Waals surface area contributed by atoms with Crippen molar-refractivity contribution in [1.82, 2.24) is 0 Å². The quantitative estimate of drug-likeness (QED) is 0.322. The van der Waals surface area contributed by atoms with Crippen molar-refractivity contribution in [1.29, 1.82) is 0 Å². The first kappa shape index (κ1) is 24.4. The standard InChI is InChI=1S/C18H40NO2.ClH/c1-3-4-5-6-7-8-9-10-11-12-13-14-19(2,15-17-20)16-18-21;/h20-21H,3-18H2,1-2H3;1H/q+1;/p-1. The molecule has 0 fully saturated rings. The first-order valence-corrected chi connectivity index (χ1v) is 9.24. The van der Waals surface area contributed by atoms with E-state index in [2.05, 4.69) is 14.0 Å². The van der Waals surface area contributed by atoms with Crippen LogP contribution >= 0.6 is 0 Å². The predicted molar refractivity (Wildman–Crippen MR) is 91.4 cm³/mol. The maximum atomic E-state index is 9.11. The molecule has 0 amide bonds. The fraction of sp³-hybridized carbons (Fsp3) is 1.00. The molecule has 0 aromatic heterocycles. The third-order valence-electron chi connectivity index (χ3n) is 4.58. The van der Waals surface area contributed by atoms with Crippen molar-refractivity contribution >= 4 is 0 Å². The SMILES string of the molecule is CCCCCCCCCCCCC[N+](C)(CCO)CCO.[Cl-]. The van der Waals surface area contributed by atoms with Gasteiger partial charge in [-0.1, -0.05) is 64.7 Å². The summed E-state index contributed by atoms with van der Waals surface area (Å²) in [6.07, 6.45) is 15.0. The highest BCUT2D eigenvalue weighted by Crippen LogP contribution is 2.12. The Hall–Kier alpha value is 0.170. The number of aliphatic hydroxyl groups excluding tert-OH is 2. The number of halogens is 1. The summed E-state index contributed by atoms with van der Waals surface area (Å²) < 4.78 is 0.810. The summed E-state index contributed by atoms with van der Waals surface area (Å²) in [5.41, 5.74) is 0. The molecule has 0 aliphatic rings. The predicted octanol–water partition coefficient (Wildman–Crippen LogP) is 0.733. The molecule has 22 heavy (non-hydrogen) atoms. The minimum absolute atomic E-state index is 0. The monoisotopic (exact) mass is 337 g/mol. The first-order chi connectivity index (χ1) is 10.2. The van der Waals surface area contributed by atoms with Crippen molar-refractivity contribution in [3.63, 3.8) is 0 Å². The van der Waals surface area contributed by atoms with Crippen LogP contribution in [0.2, 0.25) is 0 Å². The molecule has 0 atom stereocenters. The molecule has 3 nitrogen and oxygen atoms in total. The number of unbranched alkanes of at least 4 members (excludes halogenated alkanes) is 10. The molecule has 0 aromatic rings. The van der Waals surface area contributed by atoms with E-state index in [1.165, 1.54) is 70.6 Å². The molecule has 0 saturated carbocycles. The average Bonchev–Trinajstić information content (AvgIpc) is 2.45. The lowest BCUT2D eigenvalue weighted by Crippen LogP contribution is -3.00. The number of likely N-dealkylation sites (N-methyl/N-ethyl adjacent to an activating group) is 1. The Balaban J connectivity index is 0. The van der Waals surface area contributed by atoms with Gasteiger partial charge in [0.1, 0.15) is 13.1 Å². The number of nitrogens with zero attached hydrogens (tertiary/aromatic N) is 1. The molecule has 0 spiro atoms. The van der Waals surface area contributed by atoms with E-state index in [0.29, 0.717) is 0 Å². The van der Waals surface area contributed by atoms with E-state index in [1.54, 1.807) is 0 Å². The Kier molecular flexibility index (Phi) is 19.5. The van der Waals surface area contributed by atoms with Crippen LogP contribution in [0.3, 0.4) is 0 Å². The molecule has 0 heterocycles. The van der Waals surface area contributed by atoms with Gasteiger partial charge in [-0.15, -0.1) is 0 Å². The second-order valence-electron chi connectivity index (χ2n) is 6.77. The molecule has 0 bridgehead atoms. The summed E-state index contributed by atoms with van der Waals surface area (Å²) in [5, 5.41) is 18.2. The zero-order chi connectivity index (χ0) is 15.8. The van der Waals surface area contributed by atoms with Gasteiger partial charge in [0, 0.05) is 0 Å². The van der Waals surface area contributed by atoms with Crippen molar-refractivity contribution in [2.24, 2.45) is 0 Å². The zero-order valence-electron chi connectivity index (χ0n) is 15.0. The molecule has 0 saturated heterocycles. The van der Waals surface area contributed by atoms with Crippen LogP contribution < -0.4 is 12.4 Å². The van der Waals surface area contributed by atoms with Crippen LogP contribution in [-0.4, -0.2) is 54.6 Å². The second kappa shape index (κ2) is 17.5. The lowest BCUT2D eigenvalue weighted by Gasteiger charge is -2.33. The lowest BCUT2D eigenvalue weighted by atomic mass is 10.1. The van der Waals surface area contributed by atoms with Crippen molar-refractivity contribution in [3.8, 4) is 0 Å². The van der Waals surface area contributed by atoms with Crippen molar-refractivity contribution in [2.75, 3.05) is 39.9 Å². The van der Waals surface area contributed by atoms with Crippen LogP contribution in [-0.2, 0) is 0 Å². The van der Waals surface area contributed by atoms with Gasteiger partial charge in [-0.3, -0.25) is 0 Å². The average molecular weight is 338 g/mol. The van der Waals surface area contributed by atoms with Crippen molar-refractivity contribution in [3.05, 3.63) is 0 Å². The molecule has 0 aliphatic carbocycles. The van der Waals surface area contributed by atoms with Crippen LogP contribution in [0.5, 0.6) is 0 Å². The summed E-state index contributed by atoms with van der Waals surface area (Å²) in [6.45, 7) is 5.31. The Morgan fingerprint density at radius 2 is 0.955 bits per heavy atom. The van der Waals surface area contributed by atoms with Crippen LogP contribution in [0.1, 0.15) is 77.6 Å². The molecule has 2 N–H and O–H groups in total. The summed E-state index contributed by atoms with van der Waals surface area (Å²) in [5.74, 6) is 0. The van der Waals surface area contributed by atoms with Gasteiger partial charge in [0.25, 0.3) is 0 Å².